The number of amides is 1. The summed E-state index contributed by atoms with van der Waals surface area (Å²) in [5, 5.41) is 0. The van der Waals surface area contributed by atoms with Gasteiger partial charge in [0.05, 0.1) is 24.2 Å². The lowest BCUT2D eigenvalue weighted by Gasteiger charge is -2.32. The SMILES string of the molecule is CC1(C)OCc2cc([C@@H]3CN(CCCCCCOCCCCc4ccc5[nH]c(=O)[nH]c5c4)C(=O)O3)ccc2O1. The van der Waals surface area contributed by atoms with Crippen LogP contribution in [0.1, 0.15) is 75.2 Å². The summed E-state index contributed by atoms with van der Waals surface area (Å²) in [6, 6.07) is 12.0. The Kier molecular flexibility index (Phi) is 8.57. The number of aromatic nitrogens is 2. The fraction of sp³-hybridized carbons (Fsp3) is 0.533. The van der Waals surface area contributed by atoms with E-state index in [0.717, 1.165) is 86.1 Å². The Bertz CT molecular complexity index is 1330. The van der Waals surface area contributed by atoms with Crippen molar-refractivity contribution in [1.29, 1.82) is 0 Å². The van der Waals surface area contributed by atoms with Gasteiger partial charge in [0.1, 0.15) is 11.9 Å². The van der Waals surface area contributed by atoms with Gasteiger partial charge in [0.25, 0.3) is 0 Å². The smallest absolute Gasteiger partial charge is 0.410 e. The van der Waals surface area contributed by atoms with Crippen LogP contribution < -0.4 is 10.4 Å². The second-order valence-electron chi connectivity index (χ2n) is 10.9. The Morgan fingerprint density at radius 3 is 2.62 bits per heavy atom. The van der Waals surface area contributed by atoms with E-state index in [-0.39, 0.29) is 17.9 Å². The quantitative estimate of drug-likeness (QED) is 0.275. The van der Waals surface area contributed by atoms with Crippen molar-refractivity contribution in [2.75, 3.05) is 26.3 Å². The highest BCUT2D eigenvalue weighted by molar-refractivity contribution is 5.75. The number of aromatic amines is 2. The van der Waals surface area contributed by atoms with Crippen LogP contribution in [-0.4, -0.2) is 53.1 Å². The van der Waals surface area contributed by atoms with Crippen LogP contribution in [0.2, 0.25) is 0 Å². The first kappa shape index (κ1) is 27.3. The van der Waals surface area contributed by atoms with E-state index in [0.29, 0.717) is 19.7 Å². The molecule has 0 saturated carbocycles. The van der Waals surface area contributed by atoms with Gasteiger partial charge in [0.15, 0.2) is 0 Å². The second-order valence-corrected chi connectivity index (χ2v) is 10.9. The van der Waals surface area contributed by atoms with Gasteiger partial charge in [-0.25, -0.2) is 9.59 Å². The third-order valence-corrected chi connectivity index (χ3v) is 7.33. The Labute approximate surface area is 228 Å². The number of fused-ring (bicyclic) bond motifs is 2. The molecule has 5 rings (SSSR count). The Morgan fingerprint density at radius 1 is 0.949 bits per heavy atom. The molecule has 39 heavy (non-hydrogen) atoms. The first-order chi connectivity index (χ1) is 18.9. The number of unbranched alkanes of at least 4 members (excludes halogenated alkanes) is 4. The number of ether oxygens (including phenoxy) is 4. The molecule has 210 valence electrons. The minimum Gasteiger partial charge on any atom is -0.463 e. The van der Waals surface area contributed by atoms with Crippen LogP contribution in [0, 0.1) is 0 Å². The average molecular weight is 538 g/mol. The van der Waals surface area contributed by atoms with Crippen molar-refractivity contribution in [3.63, 3.8) is 0 Å². The van der Waals surface area contributed by atoms with Crippen molar-refractivity contribution < 1.29 is 23.7 Å². The fourth-order valence-electron chi connectivity index (χ4n) is 5.15. The number of nitrogens with one attached hydrogen (secondary N) is 2. The van der Waals surface area contributed by atoms with E-state index in [1.807, 2.05) is 49.1 Å². The number of hydrogen-bond donors (Lipinski definition) is 2. The summed E-state index contributed by atoms with van der Waals surface area (Å²) in [6.45, 7) is 7.11. The number of hydrogen-bond acceptors (Lipinski definition) is 6. The fourth-order valence-corrected chi connectivity index (χ4v) is 5.15. The van der Waals surface area contributed by atoms with Gasteiger partial charge >= 0.3 is 11.8 Å². The molecule has 1 fully saturated rings. The number of imidazole rings is 1. The maximum absolute atomic E-state index is 12.4. The molecule has 0 spiro atoms. The normalized spacial score (nSPS) is 18.3. The third-order valence-electron chi connectivity index (χ3n) is 7.33. The van der Waals surface area contributed by atoms with Crippen molar-refractivity contribution >= 4 is 17.1 Å². The Morgan fingerprint density at radius 2 is 1.74 bits per heavy atom. The van der Waals surface area contributed by atoms with Crippen LogP contribution in [-0.2, 0) is 27.2 Å². The molecule has 2 N–H and O–H groups in total. The lowest BCUT2D eigenvalue weighted by Crippen LogP contribution is -2.35. The summed E-state index contributed by atoms with van der Waals surface area (Å²) >= 11 is 0. The summed E-state index contributed by atoms with van der Waals surface area (Å²) < 4.78 is 23.1. The molecular weight excluding hydrogens is 498 g/mol. The van der Waals surface area contributed by atoms with Gasteiger partial charge in [-0.15, -0.1) is 0 Å². The molecule has 3 aromatic rings. The lowest BCUT2D eigenvalue weighted by molar-refractivity contribution is -0.180. The van der Waals surface area contributed by atoms with Crippen LogP contribution in [0.15, 0.2) is 41.2 Å². The minimum absolute atomic E-state index is 0.166. The molecule has 0 unspecified atom stereocenters. The molecule has 0 bridgehead atoms. The number of nitrogens with zero attached hydrogens (tertiary/aromatic N) is 1. The number of benzene rings is 2. The van der Waals surface area contributed by atoms with E-state index in [1.165, 1.54) is 5.56 Å². The van der Waals surface area contributed by atoms with E-state index >= 15 is 0 Å². The molecule has 3 heterocycles. The van der Waals surface area contributed by atoms with Gasteiger partial charge in [-0.2, -0.15) is 0 Å². The van der Waals surface area contributed by atoms with E-state index in [4.69, 9.17) is 18.9 Å². The number of rotatable bonds is 13. The first-order valence-corrected chi connectivity index (χ1v) is 14.1. The predicted octanol–water partition coefficient (Wildman–Crippen LogP) is 5.59. The average Bonchev–Trinajstić information content (AvgIpc) is 3.47. The molecule has 1 atom stereocenters. The maximum Gasteiger partial charge on any atom is 0.410 e. The van der Waals surface area contributed by atoms with Gasteiger partial charge in [-0.1, -0.05) is 25.0 Å². The van der Waals surface area contributed by atoms with Gasteiger partial charge in [0, 0.05) is 39.2 Å². The summed E-state index contributed by atoms with van der Waals surface area (Å²) in [7, 11) is 0. The molecular formula is C30H39N3O6. The highest BCUT2D eigenvalue weighted by atomic mass is 16.7. The summed E-state index contributed by atoms with van der Waals surface area (Å²) in [4.78, 5) is 31.1. The van der Waals surface area contributed by atoms with Crippen molar-refractivity contribution in [3.8, 4) is 5.75 Å². The molecule has 0 radical (unpaired) electrons. The van der Waals surface area contributed by atoms with Gasteiger partial charge in [0.2, 0.25) is 5.79 Å². The van der Waals surface area contributed by atoms with Crippen molar-refractivity contribution in [1.82, 2.24) is 14.9 Å². The van der Waals surface area contributed by atoms with Crippen LogP contribution in [0.3, 0.4) is 0 Å². The van der Waals surface area contributed by atoms with E-state index in [2.05, 4.69) is 16.0 Å². The zero-order valence-corrected chi connectivity index (χ0v) is 22.9. The first-order valence-electron chi connectivity index (χ1n) is 14.1. The van der Waals surface area contributed by atoms with E-state index in [1.54, 1.807) is 0 Å². The third kappa shape index (κ3) is 7.22. The summed E-state index contributed by atoms with van der Waals surface area (Å²) in [6.07, 6.45) is 6.68. The van der Waals surface area contributed by atoms with E-state index in [9.17, 15) is 9.59 Å². The van der Waals surface area contributed by atoms with Gasteiger partial charge in [-0.3, -0.25) is 0 Å². The number of aryl methyl sites for hydroxylation is 1. The predicted molar refractivity (Wildman–Crippen MR) is 148 cm³/mol. The number of cyclic esters (lactones) is 1. The van der Waals surface area contributed by atoms with Gasteiger partial charge < -0.3 is 33.8 Å². The van der Waals surface area contributed by atoms with E-state index < -0.39 is 5.79 Å². The van der Waals surface area contributed by atoms with Gasteiger partial charge in [-0.05, 0) is 67.5 Å². The Hall–Kier alpha value is -3.30. The molecule has 1 aromatic heterocycles. The van der Waals surface area contributed by atoms with Crippen LogP contribution in [0.4, 0.5) is 4.79 Å². The maximum atomic E-state index is 12.4. The van der Waals surface area contributed by atoms with Crippen molar-refractivity contribution in [2.24, 2.45) is 0 Å². The number of carbonyl (C=O) groups is 1. The molecule has 0 aliphatic carbocycles. The standard InChI is InChI=1S/C30H39N3O6/c1-30(2)37-20-23-18-22(11-13-26(23)39-30)27-19-33(29(35)38-27)14-6-3-4-7-15-36-16-8-5-9-21-10-12-24-25(17-21)32-28(34)31-24/h10-13,17-18,27H,3-9,14-16,19-20H2,1-2H3,(H2,31,32,34)/t27-/m0/s1. The minimum atomic E-state index is -0.623. The zero-order chi connectivity index (χ0) is 27.2. The van der Waals surface area contributed by atoms with Crippen LogP contribution >= 0.6 is 0 Å². The highest BCUT2D eigenvalue weighted by Crippen LogP contribution is 2.35. The largest absolute Gasteiger partial charge is 0.463 e. The monoisotopic (exact) mass is 537 g/mol. The highest BCUT2D eigenvalue weighted by Gasteiger charge is 2.33. The Balaban J connectivity index is 0.910. The molecule has 2 aliphatic heterocycles. The molecule has 9 heteroatoms. The summed E-state index contributed by atoms with van der Waals surface area (Å²) in [5.41, 5.74) is 4.73. The molecule has 9 nitrogen and oxygen atoms in total. The molecule has 1 amide bonds. The summed E-state index contributed by atoms with van der Waals surface area (Å²) in [5.74, 6) is 0.201. The van der Waals surface area contributed by atoms with Crippen molar-refractivity contribution in [2.45, 2.75) is 77.3 Å². The second kappa shape index (κ2) is 12.3. The number of carbonyl (C=O) groups excluding carboxylic acids is 1. The molecule has 1 saturated heterocycles. The molecule has 2 aromatic carbocycles. The number of H-pyrrole nitrogens is 2. The van der Waals surface area contributed by atoms with Crippen molar-refractivity contribution in [3.05, 3.63) is 63.6 Å². The lowest BCUT2D eigenvalue weighted by atomic mass is 10.0. The molecule has 2 aliphatic rings. The topological polar surface area (TPSA) is 106 Å². The zero-order valence-electron chi connectivity index (χ0n) is 22.9. The van der Waals surface area contributed by atoms with Crippen LogP contribution in [0.25, 0.3) is 11.0 Å². The van der Waals surface area contributed by atoms with Crippen LogP contribution in [0.5, 0.6) is 5.75 Å².